The molecule has 0 aromatic heterocycles. The summed E-state index contributed by atoms with van der Waals surface area (Å²) in [7, 11) is -5.58. The quantitative estimate of drug-likeness (QED) is 0.240. The van der Waals surface area contributed by atoms with E-state index in [-0.39, 0.29) is 53.8 Å². The van der Waals surface area contributed by atoms with Gasteiger partial charge in [0.1, 0.15) is 15.9 Å². The molecule has 0 aliphatic carbocycles. The third kappa shape index (κ3) is 5.97. The molecule has 0 spiro atoms. The number of hydrogen-bond acceptors (Lipinski definition) is 4. The predicted octanol–water partition coefficient (Wildman–Crippen LogP) is 3.46. The van der Waals surface area contributed by atoms with Crippen LogP contribution >= 0.6 is 0 Å². The molecule has 0 saturated carbocycles. The maximum Gasteiger partial charge on any atom is 1.00 e. The molecular weight excluding hydrogens is 622 g/mol. The summed E-state index contributed by atoms with van der Waals surface area (Å²) in [4.78, 5) is -1.57. The fraction of sp³-hybridized carbons (Fsp3) is 0.467. The van der Waals surface area contributed by atoms with E-state index in [9.17, 15) is 87.6 Å². The molecular formula is C15H4F17NaO4S. The largest absolute Gasteiger partial charge is 1.00 e. The Bertz CT molecular complexity index is 1160. The first-order valence-corrected chi connectivity index (χ1v) is 9.55. The van der Waals surface area contributed by atoms with Crippen LogP contribution in [0.1, 0.15) is 0 Å². The van der Waals surface area contributed by atoms with Crippen LogP contribution in [0, 0.1) is 0 Å². The van der Waals surface area contributed by atoms with Crippen LogP contribution in [0.3, 0.4) is 0 Å². The van der Waals surface area contributed by atoms with Gasteiger partial charge in [-0.2, -0.15) is 65.9 Å². The Labute approximate surface area is 220 Å². The minimum absolute atomic E-state index is 0. The molecule has 0 aliphatic heterocycles. The van der Waals surface area contributed by atoms with Crippen LogP contribution in [-0.2, 0) is 10.1 Å². The molecule has 1 aromatic carbocycles. The number of allylic oxidation sites excluding steroid dienone is 2. The second-order valence-electron chi connectivity index (χ2n) is 6.55. The van der Waals surface area contributed by atoms with Crippen molar-refractivity contribution in [3.63, 3.8) is 0 Å². The van der Waals surface area contributed by atoms with E-state index in [0.29, 0.717) is 0 Å². The van der Waals surface area contributed by atoms with Crippen molar-refractivity contribution >= 4 is 10.1 Å². The van der Waals surface area contributed by atoms with Crippen LogP contribution in [-0.4, -0.2) is 54.9 Å². The van der Waals surface area contributed by atoms with Crippen molar-refractivity contribution in [1.29, 1.82) is 0 Å². The smallest absolute Gasteiger partial charge is 0.744 e. The van der Waals surface area contributed by atoms with Crippen molar-refractivity contribution in [3.8, 4) is 5.75 Å². The average molecular weight is 626 g/mol. The maximum atomic E-state index is 13.7. The third-order valence-corrected chi connectivity index (χ3v) is 4.82. The molecule has 0 aliphatic rings. The van der Waals surface area contributed by atoms with Crippen LogP contribution < -0.4 is 34.3 Å². The number of alkyl halides is 15. The van der Waals surface area contributed by atoms with Crippen molar-refractivity contribution in [2.24, 2.45) is 0 Å². The molecule has 38 heavy (non-hydrogen) atoms. The Morgan fingerprint density at radius 1 is 0.684 bits per heavy atom. The molecule has 0 fully saturated rings. The van der Waals surface area contributed by atoms with Gasteiger partial charge in [-0.15, -0.1) is 0 Å². The molecule has 0 heterocycles. The zero-order valence-electron chi connectivity index (χ0n) is 17.3. The summed E-state index contributed by atoms with van der Waals surface area (Å²) in [6, 6.07) is 0.197. The van der Waals surface area contributed by atoms with E-state index in [1.807, 2.05) is 0 Å². The van der Waals surface area contributed by atoms with Gasteiger partial charge < -0.3 is 9.29 Å². The number of hydrogen-bond donors (Lipinski definition) is 0. The third-order valence-electron chi connectivity index (χ3n) is 3.99. The van der Waals surface area contributed by atoms with Crippen molar-refractivity contribution in [3.05, 3.63) is 35.9 Å². The average Bonchev–Trinajstić information content (AvgIpc) is 2.70. The van der Waals surface area contributed by atoms with Crippen LogP contribution in [0.5, 0.6) is 5.75 Å². The molecule has 214 valence electrons. The van der Waals surface area contributed by atoms with Gasteiger partial charge in [0, 0.05) is 0 Å². The van der Waals surface area contributed by atoms with Gasteiger partial charge in [0.05, 0.1) is 4.90 Å². The predicted molar refractivity (Wildman–Crippen MR) is 80.0 cm³/mol. The van der Waals surface area contributed by atoms with Crippen LogP contribution in [0.25, 0.3) is 0 Å². The summed E-state index contributed by atoms with van der Waals surface area (Å²) in [5.74, 6) is -52.7. The molecule has 0 N–H and O–H groups in total. The van der Waals surface area contributed by atoms with E-state index in [1.54, 1.807) is 0 Å². The SMILES string of the molecule is O=S(=O)([O-])c1cccc(OC(F)(F)C(F)(F)C(F)(F)C(F)(F)C(F)(F)/C(F)=C(\F)C(F)(F)C(F)(F)F)c1.[Na+]. The van der Waals surface area contributed by atoms with Gasteiger partial charge >= 0.3 is 71.5 Å². The molecule has 0 radical (unpaired) electrons. The number of rotatable bonds is 9. The first kappa shape index (κ1) is 36.5. The molecule has 0 saturated heterocycles. The van der Waals surface area contributed by atoms with Gasteiger partial charge in [-0.3, -0.25) is 0 Å². The van der Waals surface area contributed by atoms with Gasteiger partial charge in [0.15, 0.2) is 0 Å². The molecule has 4 nitrogen and oxygen atoms in total. The zero-order chi connectivity index (χ0) is 29.8. The molecule has 23 heteroatoms. The van der Waals surface area contributed by atoms with Crippen LogP contribution in [0.2, 0.25) is 0 Å². The van der Waals surface area contributed by atoms with Gasteiger partial charge in [-0.05, 0) is 18.2 Å². The summed E-state index contributed by atoms with van der Waals surface area (Å²) in [5.41, 5.74) is 0. The van der Waals surface area contributed by atoms with Gasteiger partial charge in [0.25, 0.3) is 0 Å². The summed E-state index contributed by atoms with van der Waals surface area (Å²) >= 11 is 0. The minimum Gasteiger partial charge on any atom is -0.744 e. The number of halogens is 17. The van der Waals surface area contributed by atoms with Gasteiger partial charge in [-0.25, -0.2) is 17.2 Å². The van der Waals surface area contributed by atoms with Crippen LogP contribution in [0.4, 0.5) is 74.6 Å². The van der Waals surface area contributed by atoms with Crippen molar-refractivity contribution in [2.75, 3.05) is 0 Å². The first-order chi connectivity index (χ1) is 16.0. The second kappa shape index (κ2) is 10.5. The Morgan fingerprint density at radius 2 is 1.11 bits per heavy atom. The summed E-state index contributed by atoms with van der Waals surface area (Å²) < 4.78 is 259. The molecule has 0 amide bonds. The maximum absolute atomic E-state index is 13.7. The van der Waals surface area contributed by atoms with Crippen molar-refractivity contribution in [2.45, 2.75) is 46.8 Å². The fourth-order valence-electron chi connectivity index (χ4n) is 2.02. The van der Waals surface area contributed by atoms with E-state index in [1.165, 1.54) is 0 Å². The molecule has 0 bridgehead atoms. The van der Waals surface area contributed by atoms with Gasteiger partial charge in [-0.1, -0.05) is 6.07 Å². The monoisotopic (exact) mass is 626 g/mol. The molecule has 1 aromatic rings. The van der Waals surface area contributed by atoms with Crippen molar-refractivity contribution < 1.29 is 122 Å². The summed E-state index contributed by atoms with van der Waals surface area (Å²) in [6.45, 7) is 0. The standard InChI is InChI=1S/C15H5F17O4S.Na/c16-7(8(17)10(20,21)14(28,29)30)9(18,19)11(22,23)12(24,25)13(26,27)15(31,32)36-5-2-1-3-6(4-5)37(33,34)35;/h1-4H,(H,33,34,35);/q;+1/p-1/b8-7+;. The first-order valence-electron chi connectivity index (χ1n) is 8.15. The van der Waals surface area contributed by atoms with E-state index in [0.717, 1.165) is 0 Å². The Morgan fingerprint density at radius 3 is 1.50 bits per heavy atom. The van der Waals surface area contributed by atoms with E-state index >= 15 is 0 Å². The Balaban J connectivity index is 0.0000137. The summed E-state index contributed by atoms with van der Waals surface area (Å²) in [6.07, 6.45) is -14.5. The topological polar surface area (TPSA) is 66.4 Å². The zero-order valence-corrected chi connectivity index (χ0v) is 20.1. The Hall–Kier alpha value is -1.52. The second-order valence-corrected chi connectivity index (χ2v) is 7.93. The summed E-state index contributed by atoms with van der Waals surface area (Å²) in [5, 5.41) is 0. The molecule has 0 atom stereocenters. The number of ether oxygens (including phenoxy) is 1. The van der Waals surface area contributed by atoms with Gasteiger partial charge in [0.2, 0.25) is 11.7 Å². The van der Waals surface area contributed by atoms with E-state index in [2.05, 4.69) is 4.74 Å². The number of benzene rings is 1. The van der Waals surface area contributed by atoms with E-state index in [4.69, 9.17) is 0 Å². The van der Waals surface area contributed by atoms with Crippen molar-refractivity contribution in [1.82, 2.24) is 0 Å². The van der Waals surface area contributed by atoms with Crippen LogP contribution in [0.15, 0.2) is 40.8 Å². The fourth-order valence-corrected chi connectivity index (χ4v) is 2.53. The molecule has 0 unspecified atom stereocenters. The normalized spacial score (nSPS) is 15.5. The van der Waals surface area contributed by atoms with E-state index < -0.39 is 74.3 Å². The molecule has 1 rings (SSSR count). The Kier molecular flexibility index (Phi) is 10.0. The minimum atomic E-state index is -8.39.